The second-order valence-electron chi connectivity index (χ2n) is 6.46. The fraction of sp³-hybridized carbons (Fsp3) is 0.0952. The molecule has 0 aliphatic rings. The predicted molar refractivity (Wildman–Crippen MR) is 111 cm³/mol. The molecule has 31 heavy (non-hydrogen) atoms. The van der Waals surface area contributed by atoms with Crippen LogP contribution in [0.25, 0.3) is 17.5 Å². The van der Waals surface area contributed by atoms with E-state index in [2.05, 4.69) is 20.6 Å². The summed E-state index contributed by atoms with van der Waals surface area (Å²) < 4.78 is 21.4. The SMILES string of the molecule is Cc1nn(-c2ccc(F)cc2)c(Cl)c1/C=C/C(=O)OCc1nnnn1-c1ccccc1. The van der Waals surface area contributed by atoms with Crippen molar-refractivity contribution >= 4 is 23.6 Å². The second-order valence-corrected chi connectivity index (χ2v) is 6.82. The first-order valence-electron chi connectivity index (χ1n) is 9.21. The smallest absolute Gasteiger partial charge is 0.331 e. The van der Waals surface area contributed by atoms with Crippen LogP contribution in [0.5, 0.6) is 0 Å². The van der Waals surface area contributed by atoms with Gasteiger partial charge in [0.2, 0.25) is 0 Å². The minimum Gasteiger partial charge on any atom is -0.454 e. The van der Waals surface area contributed by atoms with Crippen LogP contribution in [0.1, 0.15) is 17.1 Å². The van der Waals surface area contributed by atoms with E-state index in [1.54, 1.807) is 19.1 Å². The summed E-state index contributed by atoms with van der Waals surface area (Å²) in [4.78, 5) is 12.2. The molecule has 0 bridgehead atoms. The van der Waals surface area contributed by atoms with Crippen LogP contribution < -0.4 is 0 Å². The molecule has 0 aliphatic heterocycles. The highest BCUT2D eigenvalue weighted by Gasteiger charge is 2.14. The van der Waals surface area contributed by atoms with Crippen LogP contribution in [0.2, 0.25) is 5.15 Å². The lowest BCUT2D eigenvalue weighted by atomic mass is 10.2. The van der Waals surface area contributed by atoms with Crippen molar-refractivity contribution < 1.29 is 13.9 Å². The molecule has 0 atom stereocenters. The van der Waals surface area contributed by atoms with E-state index in [1.165, 1.54) is 33.6 Å². The van der Waals surface area contributed by atoms with Crippen LogP contribution in [0.3, 0.4) is 0 Å². The number of halogens is 2. The van der Waals surface area contributed by atoms with E-state index in [1.807, 2.05) is 30.3 Å². The molecule has 0 N–H and O–H groups in total. The highest BCUT2D eigenvalue weighted by Crippen LogP contribution is 2.25. The molecule has 0 amide bonds. The largest absolute Gasteiger partial charge is 0.454 e. The number of para-hydroxylation sites is 1. The van der Waals surface area contributed by atoms with Gasteiger partial charge >= 0.3 is 5.97 Å². The van der Waals surface area contributed by atoms with Crippen molar-refractivity contribution in [2.24, 2.45) is 0 Å². The highest BCUT2D eigenvalue weighted by atomic mass is 35.5. The molecule has 0 unspecified atom stereocenters. The van der Waals surface area contributed by atoms with Crippen LogP contribution in [-0.2, 0) is 16.1 Å². The topological polar surface area (TPSA) is 87.7 Å². The summed E-state index contributed by atoms with van der Waals surface area (Å²) >= 11 is 6.41. The van der Waals surface area contributed by atoms with Crippen LogP contribution in [0, 0.1) is 12.7 Å². The Bertz CT molecular complexity index is 1230. The van der Waals surface area contributed by atoms with Crippen molar-refractivity contribution in [1.82, 2.24) is 30.0 Å². The zero-order chi connectivity index (χ0) is 21.8. The lowest BCUT2D eigenvalue weighted by molar-refractivity contribution is -0.139. The number of hydrogen-bond acceptors (Lipinski definition) is 6. The van der Waals surface area contributed by atoms with Gasteiger partial charge in [-0.05, 0) is 59.8 Å². The maximum absolute atomic E-state index is 13.2. The Hall–Kier alpha value is -3.85. The molecule has 2 aromatic heterocycles. The van der Waals surface area contributed by atoms with Crippen LogP contribution in [-0.4, -0.2) is 36.0 Å². The minimum absolute atomic E-state index is 0.105. The lowest BCUT2D eigenvalue weighted by Gasteiger charge is -2.04. The van der Waals surface area contributed by atoms with Gasteiger partial charge in [0.25, 0.3) is 0 Å². The number of tetrazole rings is 1. The summed E-state index contributed by atoms with van der Waals surface area (Å²) in [5.41, 5.74) is 2.51. The molecule has 0 saturated carbocycles. The Morgan fingerprint density at radius 1 is 1.10 bits per heavy atom. The average Bonchev–Trinajstić information content (AvgIpc) is 3.36. The van der Waals surface area contributed by atoms with Gasteiger partial charge in [0.15, 0.2) is 12.4 Å². The molecule has 4 aromatic rings. The van der Waals surface area contributed by atoms with E-state index < -0.39 is 5.97 Å². The number of nitrogens with zero attached hydrogens (tertiary/aromatic N) is 6. The fourth-order valence-electron chi connectivity index (χ4n) is 2.85. The number of hydrogen-bond donors (Lipinski definition) is 0. The van der Waals surface area contributed by atoms with Gasteiger partial charge in [0, 0.05) is 11.6 Å². The first kappa shape index (κ1) is 20.4. The van der Waals surface area contributed by atoms with Crippen molar-refractivity contribution in [3.05, 3.63) is 88.7 Å². The minimum atomic E-state index is -0.590. The quantitative estimate of drug-likeness (QED) is 0.337. The molecule has 10 heteroatoms. The maximum atomic E-state index is 13.2. The van der Waals surface area contributed by atoms with Gasteiger partial charge in [0.1, 0.15) is 11.0 Å². The number of benzene rings is 2. The number of aryl methyl sites for hydroxylation is 1. The first-order chi connectivity index (χ1) is 15.0. The molecule has 0 fully saturated rings. The van der Waals surface area contributed by atoms with Gasteiger partial charge < -0.3 is 4.74 Å². The molecular formula is C21H16ClFN6O2. The standard InChI is InChI=1S/C21H16ClFN6O2/c1-14-18(21(22)29(25-14)17-9-7-15(23)8-10-17)11-12-20(30)31-13-19-24-26-27-28(19)16-5-3-2-4-6-16/h2-12H,13H2,1H3/b12-11+. The molecule has 0 saturated heterocycles. The first-order valence-corrected chi connectivity index (χ1v) is 9.59. The molecule has 8 nitrogen and oxygen atoms in total. The average molecular weight is 439 g/mol. The Morgan fingerprint density at radius 3 is 2.55 bits per heavy atom. The monoisotopic (exact) mass is 438 g/mol. The van der Waals surface area contributed by atoms with E-state index in [4.69, 9.17) is 16.3 Å². The van der Waals surface area contributed by atoms with E-state index >= 15 is 0 Å². The molecule has 2 aromatic carbocycles. The lowest BCUT2D eigenvalue weighted by Crippen LogP contribution is -2.08. The third-order valence-corrected chi connectivity index (χ3v) is 4.75. The molecule has 0 spiro atoms. The summed E-state index contributed by atoms with van der Waals surface area (Å²) in [5, 5.41) is 16.1. The second kappa shape index (κ2) is 8.88. The molecule has 0 aliphatic carbocycles. The molecular weight excluding hydrogens is 423 g/mol. The molecule has 0 radical (unpaired) electrons. The van der Waals surface area contributed by atoms with Gasteiger partial charge in [-0.1, -0.05) is 29.8 Å². The Balaban J connectivity index is 1.45. The summed E-state index contributed by atoms with van der Waals surface area (Å²) in [6.45, 7) is 1.65. The van der Waals surface area contributed by atoms with Gasteiger partial charge in [-0.15, -0.1) is 5.10 Å². The summed E-state index contributed by atoms with van der Waals surface area (Å²) in [6, 6.07) is 15.0. The van der Waals surface area contributed by atoms with Crippen LogP contribution in [0.4, 0.5) is 4.39 Å². The van der Waals surface area contributed by atoms with E-state index in [-0.39, 0.29) is 12.4 Å². The summed E-state index contributed by atoms with van der Waals surface area (Å²) in [6.07, 6.45) is 2.77. The van der Waals surface area contributed by atoms with Crippen molar-refractivity contribution in [2.75, 3.05) is 0 Å². The number of ether oxygens (including phenoxy) is 1. The van der Waals surface area contributed by atoms with E-state index in [0.29, 0.717) is 27.9 Å². The maximum Gasteiger partial charge on any atom is 0.331 e. The Labute approximate surface area is 181 Å². The zero-order valence-corrected chi connectivity index (χ0v) is 17.1. The molecule has 2 heterocycles. The summed E-state index contributed by atoms with van der Waals surface area (Å²) in [5.74, 6) is -0.566. The number of rotatable bonds is 6. The fourth-order valence-corrected chi connectivity index (χ4v) is 3.19. The third kappa shape index (κ3) is 4.51. The number of carbonyl (C=O) groups is 1. The van der Waals surface area contributed by atoms with Crippen LogP contribution in [0.15, 0.2) is 60.7 Å². The van der Waals surface area contributed by atoms with Crippen molar-refractivity contribution in [2.45, 2.75) is 13.5 Å². The Kier molecular flexibility index (Phi) is 5.85. The Morgan fingerprint density at radius 2 is 1.81 bits per heavy atom. The van der Waals surface area contributed by atoms with Gasteiger partial charge in [-0.25, -0.2) is 13.9 Å². The predicted octanol–water partition coefficient (Wildman–Crippen LogP) is 3.71. The van der Waals surface area contributed by atoms with E-state index in [0.717, 1.165) is 5.69 Å². The summed E-state index contributed by atoms with van der Waals surface area (Å²) in [7, 11) is 0. The van der Waals surface area contributed by atoms with Gasteiger partial charge in [0.05, 0.1) is 17.1 Å². The van der Waals surface area contributed by atoms with Crippen molar-refractivity contribution in [1.29, 1.82) is 0 Å². The van der Waals surface area contributed by atoms with Crippen molar-refractivity contribution in [3.63, 3.8) is 0 Å². The van der Waals surface area contributed by atoms with Crippen molar-refractivity contribution in [3.8, 4) is 11.4 Å². The van der Waals surface area contributed by atoms with Crippen LogP contribution >= 0.6 is 11.6 Å². The number of esters is 1. The molecule has 156 valence electrons. The third-order valence-electron chi connectivity index (χ3n) is 4.38. The van der Waals surface area contributed by atoms with Gasteiger partial charge in [-0.3, -0.25) is 0 Å². The molecule has 4 rings (SSSR count). The van der Waals surface area contributed by atoms with E-state index in [9.17, 15) is 9.18 Å². The number of carbonyl (C=O) groups excluding carboxylic acids is 1. The normalized spacial score (nSPS) is 11.2. The number of aromatic nitrogens is 6. The highest BCUT2D eigenvalue weighted by molar-refractivity contribution is 6.31. The zero-order valence-electron chi connectivity index (χ0n) is 16.3. The van der Waals surface area contributed by atoms with Gasteiger partial charge in [-0.2, -0.15) is 9.78 Å².